The second-order valence-corrected chi connectivity index (χ2v) is 6.15. The molecule has 0 aliphatic heterocycles. The summed E-state index contributed by atoms with van der Waals surface area (Å²) in [7, 11) is 1.61. The molecule has 0 aliphatic rings. The number of benzene rings is 1. The van der Waals surface area contributed by atoms with Gasteiger partial charge in [0.25, 0.3) is 5.91 Å². The highest BCUT2D eigenvalue weighted by Gasteiger charge is 2.12. The summed E-state index contributed by atoms with van der Waals surface area (Å²) in [6, 6.07) is 7.41. The van der Waals surface area contributed by atoms with Gasteiger partial charge >= 0.3 is 0 Å². The van der Waals surface area contributed by atoms with E-state index in [1.807, 2.05) is 38.1 Å². The molecule has 0 unspecified atom stereocenters. The molecule has 128 valence electrons. The number of rotatable bonds is 7. The minimum Gasteiger partial charge on any atom is -0.497 e. The van der Waals surface area contributed by atoms with E-state index in [0.29, 0.717) is 5.13 Å². The third kappa shape index (κ3) is 5.24. The number of nitrogens with one attached hydrogen (secondary N) is 3. The van der Waals surface area contributed by atoms with Crippen molar-refractivity contribution in [3.05, 3.63) is 35.3 Å². The minimum atomic E-state index is -0.382. The summed E-state index contributed by atoms with van der Waals surface area (Å²) in [6.07, 6.45) is 0. The Bertz CT molecular complexity index is 698. The maximum atomic E-state index is 12.0. The molecular weight excluding hydrogens is 328 g/mol. The van der Waals surface area contributed by atoms with E-state index in [0.717, 1.165) is 11.4 Å². The number of ether oxygens (including phenoxy) is 1. The minimum absolute atomic E-state index is 0.0361. The van der Waals surface area contributed by atoms with Gasteiger partial charge in [0.15, 0.2) is 5.13 Å². The Morgan fingerprint density at radius 1 is 1.25 bits per heavy atom. The second kappa shape index (κ2) is 8.30. The van der Waals surface area contributed by atoms with Crippen molar-refractivity contribution in [2.75, 3.05) is 19.0 Å². The van der Waals surface area contributed by atoms with Gasteiger partial charge in [-0.2, -0.15) is 0 Å². The normalized spacial score (nSPS) is 10.3. The van der Waals surface area contributed by atoms with Crippen LogP contribution < -0.4 is 20.7 Å². The van der Waals surface area contributed by atoms with Crippen LogP contribution in [0.5, 0.6) is 5.75 Å². The van der Waals surface area contributed by atoms with Gasteiger partial charge in [-0.05, 0) is 38.1 Å². The number of carbonyl (C=O) groups is 2. The maximum absolute atomic E-state index is 12.0. The van der Waals surface area contributed by atoms with Gasteiger partial charge in [0, 0.05) is 17.1 Å². The number of nitrogens with zero attached hydrogens (tertiary/aromatic N) is 1. The quantitative estimate of drug-likeness (QED) is 0.713. The fourth-order valence-electron chi connectivity index (χ4n) is 1.86. The van der Waals surface area contributed by atoms with Crippen molar-refractivity contribution in [3.63, 3.8) is 0 Å². The van der Waals surface area contributed by atoms with E-state index < -0.39 is 0 Å². The number of carbonyl (C=O) groups excluding carboxylic acids is 2. The molecular formula is C16H20N4O3S. The topological polar surface area (TPSA) is 92.3 Å². The lowest BCUT2D eigenvalue weighted by atomic mass is 10.3. The zero-order valence-electron chi connectivity index (χ0n) is 13.8. The van der Waals surface area contributed by atoms with Crippen LogP contribution in [0.4, 0.5) is 10.8 Å². The van der Waals surface area contributed by atoms with Crippen LogP contribution >= 0.6 is 11.3 Å². The molecule has 0 saturated carbocycles. The van der Waals surface area contributed by atoms with Crippen LogP contribution in [0.3, 0.4) is 0 Å². The van der Waals surface area contributed by atoms with Crippen LogP contribution in [0.2, 0.25) is 0 Å². The van der Waals surface area contributed by atoms with Gasteiger partial charge in [0.1, 0.15) is 11.4 Å². The number of amides is 2. The Labute approximate surface area is 144 Å². The molecule has 1 heterocycles. The smallest absolute Gasteiger partial charge is 0.271 e. The molecule has 0 saturated heterocycles. The van der Waals surface area contributed by atoms with Crippen LogP contribution in [-0.4, -0.2) is 36.5 Å². The maximum Gasteiger partial charge on any atom is 0.271 e. The fraction of sp³-hybridized carbons (Fsp3) is 0.312. The standard InChI is InChI=1S/C16H20N4O3S/c1-10(2)18-14(21)8-17-15(22)13-9-24-16(20-13)19-11-4-6-12(23-3)7-5-11/h4-7,9-10H,8H2,1-3H3,(H,17,22)(H,18,21)(H,19,20). The number of hydrogen-bond donors (Lipinski definition) is 3. The number of methoxy groups -OCH3 is 1. The SMILES string of the molecule is COc1ccc(Nc2nc(C(=O)NCC(=O)NC(C)C)cs2)cc1. The second-order valence-electron chi connectivity index (χ2n) is 5.30. The fourth-order valence-corrected chi connectivity index (χ4v) is 2.57. The molecule has 0 fully saturated rings. The Kier molecular flexibility index (Phi) is 6.14. The molecule has 0 radical (unpaired) electrons. The van der Waals surface area contributed by atoms with E-state index in [9.17, 15) is 9.59 Å². The summed E-state index contributed by atoms with van der Waals surface area (Å²) in [5.74, 6) is 0.150. The first-order valence-corrected chi connectivity index (χ1v) is 8.30. The van der Waals surface area contributed by atoms with E-state index in [1.165, 1.54) is 11.3 Å². The highest BCUT2D eigenvalue weighted by Crippen LogP contribution is 2.22. The molecule has 0 aliphatic carbocycles. The third-order valence-corrected chi connectivity index (χ3v) is 3.69. The molecule has 24 heavy (non-hydrogen) atoms. The first-order valence-electron chi connectivity index (χ1n) is 7.42. The lowest BCUT2D eigenvalue weighted by Crippen LogP contribution is -2.39. The molecule has 8 heteroatoms. The summed E-state index contributed by atoms with van der Waals surface area (Å²) in [5.41, 5.74) is 1.11. The molecule has 7 nitrogen and oxygen atoms in total. The lowest BCUT2D eigenvalue weighted by molar-refractivity contribution is -0.120. The van der Waals surface area contributed by atoms with E-state index >= 15 is 0 Å². The van der Waals surface area contributed by atoms with Gasteiger partial charge in [-0.1, -0.05) is 0 Å². The zero-order valence-corrected chi connectivity index (χ0v) is 14.6. The molecule has 2 rings (SSSR count). The monoisotopic (exact) mass is 348 g/mol. The van der Waals surface area contributed by atoms with Gasteiger partial charge in [-0.25, -0.2) is 4.98 Å². The molecule has 0 bridgehead atoms. The van der Waals surface area contributed by atoms with Crippen LogP contribution in [0.15, 0.2) is 29.6 Å². The molecule has 0 spiro atoms. The first kappa shape index (κ1) is 17.7. The molecule has 2 amide bonds. The summed E-state index contributed by atoms with van der Waals surface area (Å²) >= 11 is 1.31. The number of thiazole rings is 1. The van der Waals surface area contributed by atoms with Crippen molar-refractivity contribution in [2.45, 2.75) is 19.9 Å². The zero-order chi connectivity index (χ0) is 17.5. The average Bonchev–Trinajstić information content (AvgIpc) is 3.01. The highest BCUT2D eigenvalue weighted by atomic mass is 32.1. The predicted molar refractivity (Wildman–Crippen MR) is 94.0 cm³/mol. The third-order valence-electron chi connectivity index (χ3n) is 2.94. The van der Waals surface area contributed by atoms with E-state index in [4.69, 9.17) is 4.74 Å². The van der Waals surface area contributed by atoms with E-state index in [2.05, 4.69) is 20.9 Å². The van der Waals surface area contributed by atoms with Crippen LogP contribution in [0, 0.1) is 0 Å². The van der Waals surface area contributed by atoms with Crippen molar-refractivity contribution in [2.24, 2.45) is 0 Å². The molecule has 2 aromatic rings. The van der Waals surface area contributed by atoms with Gasteiger partial charge in [0.05, 0.1) is 13.7 Å². The first-order chi connectivity index (χ1) is 11.5. The number of aromatic nitrogens is 1. The van der Waals surface area contributed by atoms with Crippen molar-refractivity contribution in [1.29, 1.82) is 0 Å². The van der Waals surface area contributed by atoms with Gasteiger partial charge in [0.2, 0.25) is 5.91 Å². The summed E-state index contributed by atoms with van der Waals surface area (Å²) < 4.78 is 5.10. The Morgan fingerprint density at radius 2 is 1.96 bits per heavy atom. The Balaban J connectivity index is 1.89. The van der Waals surface area contributed by atoms with E-state index in [-0.39, 0.29) is 30.1 Å². The molecule has 3 N–H and O–H groups in total. The van der Waals surface area contributed by atoms with Crippen molar-refractivity contribution in [3.8, 4) is 5.75 Å². The Hall–Kier alpha value is -2.61. The van der Waals surface area contributed by atoms with Gasteiger partial charge in [-0.3, -0.25) is 9.59 Å². The number of anilines is 2. The molecule has 1 aromatic heterocycles. The van der Waals surface area contributed by atoms with Gasteiger partial charge < -0.3 is 20.7 Å². The molecule has 0 atom stereocenters. The Morgan fingerprint density at radius 3 is 2.58 bits per heavy atom. The van der Waals surface area contributed by atoms with Crippen molar-refractivity contribution < 1.29 is 14.3 Å². The van der Waals surface area contributed by atoms with Crippen LogP contribution in [-0.2, 0) is 4.79 Å². The predicted octanol–water partition coefficient (Wildman–Crippen LogP) is 2.15. The highest BCUT2D eigenvalue weighted by molar-refractivity contribution is 7.14. The summed E-state index contributed by atoms with van der Waals surface area (Å²) in [5, 5.41) is 10.6. The summed E-state index contributed by atoms with van der Waals surface area (Å²) in [4.78, 5) is 27.7. The van der Waals surface area contributed by atoms with Crippen LogP contribution in [0.25, 0.3) is 0 Å². The lowest BCUT2D eigenvalue weighted by Gasteiger charge is -2.08. The largest absolute Gasteiger partial charge is 0.497 e. The summed E-state index contributed by atoms with van der Waals surface area (Å²) in [6.45, 7) is 3.64. The van der Waals surface area contributed by atoms with Crippen molar-refractivity contribution >= 4 is 34.0 Å². The van der Waals surface area contributed by atoms with Gasteiger partial charge in [-0.15, -0.1) is 11.3 Å². The van der Waals surface area contributed by atoms with E-state index in [1.54, 1.807) is 12.5 Å². The van der Waals surface area contributed by atoms with Crippen LogP contribution in [0.1, 0.15) is 24.3 Å². The molecule has 1 aromatic carbocycles. The van der Waals surface area contributed by atoms with Crippen molar-refractivity contribution in [1.82, 2.24) is 15.6 Å². The average molecular weight is 348 g/mol. The number of hydrogen-bond acceptors (Lipinski definition) is 6.